The highest BCUT2D eigenvalue weighted by atomic mass is 16.2. The Kier molecular flexibility index (Phi) is 4.63. The van der Waals surface area contributed by atoms with E-state index in [4.69, 9.17) is 0 Å². The summed E-state index contributed by atoms with van der Waals surface area (Å²) < 4.78 is 0. The van der Waals surface area contributed by atoms with Crippen LogP contribution in [0.25, 0.3) is 0 Å². The summed E-state index contributed by atoms with van der Waals surface area (Å²) in [5.41, 5.74) is -0.205. The maximum atomic E-state index is 12.0. The van der Waals surface area contributed by atoms with Crippen molar-refractivity contribution in [3.8, 4) is 0 Å². The second-order valence-electron chi connectivity index (χ2n) is 5.37. The molecule has 19 heavy (non-hydrogen) atoms. The van der Waals surface area contributed by atoms with Crippen LogP contribution in [0.5, 0.6) is 0 Å². The van der Waals surface area contributed by atoms with E-state index in [2.05, 4.69) is 20.5 Å². The van der Waals surface area contributed by atoms with Gasteiger partial charge in [-0.3, -0.25) is 14.7 Å². The number of carbonyl (C=O) groups excluding carboxylic acids is 2. The van der Waals surface area contributed by atoms with Crippen LogP contribution < -0.4 is 5.32 Å². The lowest BCUT2D eigenvalue weighted by atomic mass is 9.96. The molecule has 0 spiro atoms. The van der Waals surface area contributed by atoms with E-state index in [-0.39, 0.29) is 29.6 Å². The van der Waals surface area contributed by atoms with Crippen molar-refractivity contribution >= 4 is 11.8 Å². The first-order valence-corrected chi connectivity index (χ1v) is 6.20. The van der Waals surface area contributed by atoms with Crippen LogP contribution in [0, 0.1) is 0 Å². The Labute approximate surface area is 112 Å². The van der Waals surface area contributed by atoms with Gasteiger partial charge in [-0.25, -0.2) is 4.98 Å². The fourth-order valence-electron chi connectivity index (χ4n) is 1.40. The summed E-state index contributed by atoms with van der Waals surface area (Å²) in [4.78, 5) is 28.9. The molecular weight excluding hydrogens is 246 g/mol. The summed E-state index contributed by atoms with van der Waals surface area (Å²) in [6.45, 7) is 8.27. The third kappa shape index (κ3) is 4.04. The molecule has 0 aliphatic heterocycles. The van der Waals surface area contributed by atoms with Crippen LogP contribution in [0.4, 0.5) is 0 Å². The summed E-state index contributed by atoms with van der Waals surface area (Å²) in [7, 11) is 1.55. The van der Waals surface area contributed by atoms with E-state index in [9.17, 15) is 9.59 Å². The number of amides is 2. The zero-order valence-corrected chi connectivity index (χ0v) is 12.1. The number of rotatable bonds is 4. The van der Waals surface area contributed by atoms with Gasteiger partial charge in [-0.15, -0.1) is 5.10 Å². The second-order valence-corrected chi connectivity index (χ2v) is 5.37. The van der Waals surface area contributed by atoms with Crippen LogP contribution in [0.2, 0.25) is 0 Å². The number of aromatic nitrogens is 3. The third-order valence-corrected chi connectivity index (χ3v) is 2.49. The van der Waals surface area contributed by atoms with Crippen molar-refractivity contribution in [1.29, 1.82) is 0 Å². The molecule has 1 rings (SSSR count). The summed E-state index contributed by atoms with van der Waals surface area (Å²) in [6.07, 6.45) is 0. The molecule has 2 N–H and O–H groups in total. The van der Waals surface area contributed by atoms with Gasteiger partial charge in [0.1, 0.15) is 5.82 Å². The quantitative estimate of drug-likeness (QED) is 0.821. The topological polar surface area (TPSA) is 91.0 Å². The SMILES string of the molecule is CCNC(=O)CN(C)C(=O)c1n[nH]c(C(C)(C)C)n1. The number of nitrogens with zero attached hydrogens (tertiary/aromatic N) is 3. The summed E-state index contributed by atoms with van der Waals surface area (Å²) in [5, 5.41) is 9.28. The number of hydrogen-bond acceptors (Lipinski definition) is 4. The zero-order valence-electron chi connectivity index (χ0n) is 12.1. The molecule has 0 saturated heterocycles. The molecular formula is C12H21N5O2. The van der Waals surface area contributed by atoms with Gasteiger partial charge in [0, 0.05) is 19.0 Å². The van der Waals surface area contributed by atoms with Gasteiger partial charge in [0.2, 0.25) is 11.7 Å². The third-order valence-electron chi connectivity index (χ3n) is 2.49. The lowest BCUT2D eigenvalue weighted by Gasteiger charge is -2.15. The van der Waals surface area contributed by atoms with Gasteiger partial charge < -0.3 is 10.2 Å². The van der Waals surface area contributed by atoms with Crippen LogP contribution in [-0.4, -0.2) is 52.0 Å². The number of aromatic amines is 1. The monoisotopic (exact) mass is 267 g/mol. The average molecular weight is 267 g/mol. The number of nitrogens with one attached hydrogen (secondary N) is 2. The van der Waals surface area contributed by atoms with Gasteiger partial charge >= 0.3 is 0 Å². The Morgan fingerprint density at radius 2 is 2.00 bits per heavy atom. The predicted molar refractivity (Wildman–Crippen MR) is 70.7 cm³/mol. The molecule has 0 aliphatic rings. The Morgan fingerprint density at radius 1 is 1.37 bits per heavy atom. The van der Waals surface area contributed by atoms with Crippen LogP contribution in [0.15, 0.2) is 0 Å². The van der Waals surface area contributed by atoms with Crippen molar-refractivity contribution in [2.75, 3.05) is 20.1 Å². The maximum absolute atomic E-state index is 12.0. The molecule has 106 valence electrons. The highest BCUT2D eigenvalue weighted by Gasteiger charge is 2.23. The number of H-pyrrole nitrogens is 1. The van der Waals surface area contributed by atoms with E-state index in [0.717, 1.165) is 0 Å². The van der Waals surface area contributed by atoms with Crippen molar-refractivity contribution < 1.29 is 9.59 Å². The van der Waals surface area contributed by atoms with Gasteiger partial charge in [-0.2, -0.15) is 0 Å². The summed E-state index contributed by atoms with van der Waals surface area (Å²) >= 11 is 0. The van der Waals surface area contributed by atoms with Crippen LogP contribution in [0.1, 0.15) is 44.1 Å². The molecule has 0 radical (unpaired) electrons. The van der Waals surface area contributed by atoms with Crippen molar-refractivity contribution in [2.45, 2.75) is 33.1 Å². The molecule has 1 aromatic rings. The molecule has 0 aromatic carbocycles. The first kappa shape index (κ1) is 15.1. The minimum atomic E-state index is -0.377. The molecule has 0 unspecified atom stereocenters. The van der Waals surface area contributed by atoms with Crippen LogP contribution in [-0.2, 0) is 10.2 Å². The first-order chi connectivity index (χ1) is 8.75. The van der Waals surface area contributed by atoms with Gasteiger partial charge in [-0.1, -0.05) is 20.8 Å². The highest BCUT2D eigenvalue weighted by molar-refractivity contribution is 5.93. The van der Waals surface area contributed by atoms with E-state index in [1.807, 2.05) is 27.7 Å². The lowest BCUT2D eigenvalue weighted by Crippen LogP contribution is -2.38. The summed E-state index contributed by atoms with van der Waals surface area (Å²) in [6, 6.07) is 0. The van der Waals surface area contributed by atoms with Crippen LogP contribution in [0.3, 0.4) is 0 Å². The predicted octanol–water partition coefficient (Wildman–Crippen LogP) is 0.310. The van der Waals surface area contributed by atoms with Crippen molar-refractivity contribution in [3.63, 3.8) is 0 Å². The zero-order chi connectivity index (χ0) is 14.6. The van der Waals surface area contributed by atoms with E-state index < -0.39 is 0 Å². The molecule has 1 heterocycles. The molecule has 7 heteroatoms. The summed E-state index contributed by atoms with van der Waals surface area (Å²) in [5.74, 6) is 0.141. The number of carbonyl (C=O) groups is 2. The minimum absolute atomic E-state index is 0.00787. The lowest BCUT2D eigenvalue weighted by molar-refractivity contribution is -0.121. The second kappa shape index (κ2) is 5.81. The normalized spacial score (nSPS) is 11.2. The van der Waals surface area contributed by atoms with E-state index >= 15 is 0 Å². The van der Waals surface area contributed by atoms with Gasteiger partial charge in [-0.05, 0) is 6.92 Å². The fraction of sp³-hybridized carbons (Fsp3) is 0.667. The van der Waals surface area contributed by atoms with Crippen LogP contribution >= 0.6 is 0 Å². The standard InChI is InChI=1S/C12H21N5O2/c1-6-13-8(18)7-17(5)10(19)9-14-11(16-15-9)12(2,3)4/h6-7H2,1-5H3,(H,13,18)(H,14,15,16). The Morgan fingerprint density at radius 3 is 2.47 bits per heavy atom. The Bertz CT molecular complexity index is 461. The fourth-order valence-corrected chi connectivity index (χ4v) is 1.40. The van der Waals surface area contributed by atoms with Crippen molar-refractivity contribution in [1.82, 2.24) is 25.4 Å². The molecule has 0 bridgehead atoms. The smallest absolute Gasteiger partial charge is 0.293 e. The highest BCUT2D eigenvalue weighted by Crippen LogP contribution is 2.17. The maximum Gasteiger partial charge on any atom is 0.293 e. The number of likely N-dealkylation sites (N-methyl/N-ethyl adjacent to an activating group) is 2. The molecule has 0 atom stereocenters. The molecule has 1 aromatic heterocycles. The first-order valence-electron chi connectivity index (χ1n) is 6.20. The van der Waals surface area contributed by atoms with Gasteiger partial charge in [0.05, 0.1) is 6.54 Å². The van der Waals surface area contributed by atoms with Gasteiger partial charge in [0.25, 0.3) is 5.91 Å². The Hall–Kier alpha value is -1.92. The number of hydrogen-bond donors (Lipinski definition) is 2. The molecule has 0 fully saturated rings. The van der Waals surface area contributed by atoms with E-state index in [0.29, 0.717) is 12.4 Å². The molecule has 0 saturated carbocycles. The average Bonchev–Trinajstić information content (AvgIpc) is 2.76. The van der Waals surface area contributed by atoms with E-state index in [1.165, 1.54) is 4.90 Å². The molecule has 0 aliphatic carbocycles. The van der Waals surface area contributed by atoms with Crippen molar-refractivity contribution in [2.24, 2.45) is 0 Å². The Balaban J connectivity index is 2.72. The molecule has 2 amide bonds. The largest absolute Gasteiger partial charge is 0.355 e. The molecule has 7 nitrogen and oxygen atoms in total. The van der Waals surface area contributed by atoms with E-state index in [1.54, 1.807) is 7.05 Å². The minimum Gasteiger partial charge on any atom is -0.355 e. The van der Waals surface area contributed by atoms with Gasteiger partial charge in [0.15, 0.2) is 0 Å². The van der Waals surface area contributed by atoms with Crippen molar-refractivity contribution in [3.05, 3.63) is 11.6 Å².